The van der Waals surface area contributed by atoms with Crippen LogP contribution in [-0.4, -0.2) is 30.6 Å². The molecule has 27 heavy (non-hydrogen) atoms. The van der Waals surface area contributed by atoms with Crippen LogP contribution in [0.2, 0.25) is 0 Å². The molecule has 6 heteroatoms. The lowest BCUT2D eigenvalue weighted by molar-refractivity contribution is -0.125. The molecule has 0 aliphatic carbocycles. The normalized spacial score (nSPS) is 15.5. The van der Waals surface area contributed by atoms with E-state index in [1.807, 2.05) is 19.1 Å². The number of aryl methyl sites for hydroxylation is 1. The Labute approximate surface area is 157 Å². The average molecular weight is 367 g/mol. The predicted molar refractivity (Wildman–Crippen MR) is 99.8 cm³/mol. The second-order valence-electron chi connectivity index (χ2n) is 6.23. The summed E-state index contributed by atoms with van der Waals surface area (Å²) in [5.41, 5.74) is 3.35. The molecule has 0 radical (unpaired) electrons. The molecule has 0 fully saturated rings. The zero-order valence-electron chi connectivity index (χ0n) is 15.3. The molecule has 1 atom stereocenters. The summed E-state index contributed by atoms with van der Waals surface area (Å²) in [7, 11) is 0. The van der Waals surface area contributed by atoms with Crippen LogP contribution in [-0.2, 0) is 27.1 Å². The van der Waals surface area contributed by atoms with Crippen molar-refractivity contribution < 1.29 is 23.9 Å². The number of fused-ring (bicyclic) bond motifs is 1. The summed E-state index contributed by atoms with van der Waals surface area (Å²) < 4.78 is 10.2. The molecule has 2 aromatic rings. The number of anilines is 1. The molecule has 0 saturated heterocycles. The first kappa shape index (κ1) is 18.6. The van der Waals surface area contributed by atoms with Gasteiger partial charge in [0.25, 0.3) is 5.91 Å². The fraction of sp³-hybridized carbons (Fsp3) is 0.286. The average Bonchev–Trinajstić information content (AvgIpc) is 2.68. The summed E-state index contributed by atoms with van der Waals surface area (Å²) in [6, 6.07) is 12.0. The first-order chi connectivity index (χ1) is 13.0. The lowest BCUT2D eigenvalue weighted by Crippen LogP contribution is -2.38. The van der Waals surface area contributed by atoms with Gasteiger partial charge in [-0.25, -0.2) is 9.59 Å². The van der Waals surface area contributed by atoms with Crippen LogP contribution in [0.15, 0.2) is 42.5 Å². The fourth-order valence-corrected chi connectivity index (χ4v) is 2.94. The number of ether oxygens (including phenoxy) is 2. The molecule has 1 unspecified atom stereocenters. The van der Waals surface area contributed by atoms with Crippen LogP contribution in [0, 0.1) is 0 Å². The third-order valence-electron chi connectivity index (χ3n) is 4.41. The molecule has 1 aliphatic rings. The van der Waals surface area contributed by atoms with Crippen LogP contribution < -0.4 is 5.32 Å². The van der Waals surface area contributed by atoms with E-state index in [9.17, 15) is 14.4 Å². The zero-order chi connectivity index (χ0) is 19.4. The van der Waals surface area contributed by atoms with Gasteiger partial charge in [-0.05, 0) is 54.8 Å². The standard InChI is InChI=1S/C21H21NO5/c1-3-13-5-10-17-15(11-13)12-18(27-21(17)25)19(23)22-16-8-6-14(7-9-16)20(24)26-4-2/h5-11,18H,3-4,12H2,1-2H3,(H,22,23). The van der Waals surface area contributed by atoms with Crippen molar-refractivity contribution in [2.24, 2.45) is 0 Å². The number of hydrogen-bond acceptors (Lipinski definition) is 5. The summed E-state index contributed by atoms with van der Waals surface area (Å²) in [5, 5.41) is 2.72. The Balaban J connectivity index is 1.69. The van der Waals surface area contributed by atoms with Gasteiger partial charge in [-0.1, -0.05) is 19.1 Å². The van der Waals surface area contributed by atoms with Crippen molar-refractivity contribution in [1.29, 1.82) is 0 Å². The Morgan fingerprint density at radius 2 is 1.89 bits per heavy atom. The lowest BCUT2D eigenvalue weighted by Gasteiger charge is -2.24. The largest absolute Gasteiger partial charge is 0.462 e. The maximum Gasteiger partial charge on any atom is 0.339 e. The van der Waals surface area contributed by atoms with Gasteiger partial charge in [-0.3, -0.25) is 4.79 Å². The second kappa shape index (κ2) is 8.03. The van der Waals surface area contributed by atoms with Crippen molar-refractivity contribution in [3.05, 3.63) is 64.7 Å². The van der Waals surface area contributed by atoms with Gasteiger partial charge in [0.05, 0.1) is 17.7 Å². The molecule has 1 heterocycles. The van der Waals surface area contributed by atoms with Crippen LogP contribution in [0.4, 0.5) is 5.69 Å². The van der Waals surface area contributed by atoms with E-state index in [4.69, 9.17) is 9.47 Å². The van der Waals surface area contributed by atoms with Crippen molar-refractivity contribution in [1.82, 2.24) is 0 Å². The molecule has 0 spiro atoms. The topological polar surface area (TPSA) is 81.7 Å². The Bertz CT molecular complexity index is 873. The molecule has 6 nitrogen and oxygen atoms in total. The highest BCUT2D eigenvalue weighted by atomic mass is 16.5. The van der Waals surface area contributed by atoms with Crippen LogP contribution in [0.3, 0.4) is 0 Å². The van der Waals surface area contributed by atoms with Gasteiger partial charge in [-0.2, -0.15) is 0 Å². The van der Waals surface area contributed by atoms with E-state index in [-0.39, 0.29) is 0 Å². The minimum atomic E-state index is -0.887. The van der Waals surface area contributed by atoms with E-state index >= 15 is 0 Å². The second-order valence-corrected chi connectivity index (χ2v) is 6.23. The molecule has 2 aromatic carbocycles. The molecule has 1 aliphatic heterocycles. The van der Waals surface area contributed by atoms with Crippen molar-refractivity contribution in [2.75, 3.05) is 11.9 Å². The first-order valence-corrected chi connectivity index (χ1v) is 8.92. The maximum atomic E-state index is 12.5. The number of carbonyl (C=O) groups is 3. The molecular formula is C21H21NO5. The zero-order valence-corrected chi connectivity index (χ0v) is 15.3. The molecule has 1 N–H and O–H groups in total. The lowest BCUT2D eigenvalue weighted by atomic mass is 9.95. The predicted octanol–water partition coefficient (Wildman–Crippen LogP) is 3.15. The summed E-state index contributed by atoms with van der Waals surface area (Å²) in [5.74, 6) is -1.31. The van der Waals surface area contributed by atoms with Gasteiger partial charge in [-0.15, -0.1) is 0 Å². The number of esters is 2. The molecule has 0 aromatic heterocycles. The number of carbonyl (C=O) groups excluding carboxylic acids is 3. The van der Waals surface area contributed by atoms with E-state index in [0.29, 0.717) is 29.8 Å². The highest BCUT2D eigenvalue weighted by Crippen LogP contribution is 2.23. The first-order valence-electron chi connectivity index (χ1n) is 8.92. The fourth-order valence-electron chi connectivity index (χ4n) is 2.94. The minimum Gasteiger partial charge on any atom is -0.462 e. The SMILES string of the molecule is CCOC(=O)c1ccc(NC(=O)C2Cc3cc(CC)ccc3C(=O)O2)cc1. The van der Waals surface area contributed by atoms with Crippen molar-refractivity contribution in [3.8, 4) is 0 Å². The number of benzene rings is 2. The van der Waals surface area contributed by atoms with E-state index in [0.717, 1.165) is 17.5 Å². The van der Waals surface area contributed by atoms with Crippen molar-refractivity contribution in [2.45, 2.75) is 32.8 Å². The molecule has 1 amide bonds. The Morgan fingerprint density at radius 3 is 2.56 bits per heavy atom. The molecule has 0 saturated carbocycles. The van der Waals surface area contributed by atoms with Gasteiger partial charge in [0.15, 0.2) is 6.10 Å². The molecule has 3 rings (SSSR count). The Morgan fingerprint density at radius 1 is 1.15 bits per heavy atom. The Kier molecular flexibility index (Phi) is 5.54. The minimum absolute atomic E-state index is 0.297. The van der Waals surface area contributed by atoms with Crippen LogP contribution >= 0.6 is 0 Å². The maximum absolute atomic E-state index is 12.5. The quantitative estimate of drug-likeness (QED) is 0.821. The molecular weight excluding hydrogens is 346 g/mol. The van der Waals surface area contributed by atoms with Crippen molar-refractivity contribution >= 4 is 23.5 Å². The van der Waals surface area contributed by atoms with Gasteiger partial charge in [0, 0.05) is 12.1 Å². The number of hydrogen-bond donors (Lipinski definition) is 1. The summed E-state index contributed by atoms with van der Waals surface area (Å²) in [6.07, 6.45) is 0.301. The molecule has 0 bridgehead atoms. The smallest absolute Gasteiger partial charge is 0.339 e. The number of rotatable bonds is 5. The van der Waals surface area contributed by atoms with Crippen LogP contribution in [0.5, 0.6) is 0 Å². The van der Waals surface area contributed by atoms with E-state index in [2.05, 4.69) is 5.32 Å². The van der Waals surface area contributed by atoms with E-state index < -0.39 is 23.9 Å². The van der Waals surface area contributed by atoms with E-state index in [1.165, 1.54) is 0 Å². The summed E-state index contributed by atoms with van der Waals surface area (Å²) >= 11 is 0. The third-order valence-corrected chi connectivity index (χ3v) is 4.41. The highest BCUT2D eigenvalue weighted by Gasteiger charge is 2.31. The van der Waals surface area contributed by atoms with Crippen LogP contribution in [0.1, 0.15) is 45.7 Å². The van der Waals surface area contributed by atoms with Crippen LogP contribution in [0.25, 0.3) is 0 Å². The van der Waals surface area contributed by atoms with Gasteiger partial charge >= 0.3 is 11.9 Å². The molecule has 140 valence electrons. The van der Waals surface area contributed by atoms with E-state index in [1.54, 1.807) is 37.3 Å². The number of cyclic esters (lactones) is 1. The summed E-state index contributed by atoms with van der Waals surface area (Å²) in [6.45, 7) is 4.07. The van der Waals surface area contributed by atoms with Gasteiger partial charge in [0.2, 0.25) is 0 Å². The number of amides is 1. The van der Waals surface area contributed by atoms with Gasteiger partial charge < -0.3 is 14.8 Å². The number of nitrogens with one attached hydrogen (secondary N) is 1. The highest BCUT2D eigenvalue weighted by molar-refractivity contribution is 6.00. The summed E-state index contributed by atoms with van der Waals surface area (Å²) in [4.78, 5) is 36.4. The Hall–Kier alpha value is -3.15. The monoisotopic (exact) mass is 367 g/mol. The third kappa shape index (κ3) is 4.16. The van der Waals surface area contributed by atoms with Gasteiger partial charge in [0.1, 0.15) is 0 Å². The van der Waals surface area contributed by atoms with Crippen molar-refractivity contribution in [3.63, 3.8) is 0 Å².